The number of rotatable bonds is 9. The van der Waals surface area contributed by atoms with E-state index in [2.05, 4.69) is 9.93 Å². The average Bonchev–Trinajstić information content (AvgIpc) is 2.63. The Balaban J connectivity index is 2.21. The Morgan fingerprint density at radius 3 is 2.48 bits per heavy atom. The molecule has 0 spiro atoms. The molecule has 0 heterocycles. The Hall–Kier alpha value is -2.25. The van der Waals surface area contributed by atoms with E-state index in [-0.39, 0.29) is 4.90 Å². The van der Waals surface area contributed by atoms with E-state index in [4.69, 9.17) is 21.1 Å². The van der Waals surface area contributed by atoms with Gasteiger partial charge in [0.05, 0.1) is 29.3 Å². The second-order valence-electron chi connectivity index (χ2n) is 7.07. The molecule has 0 atom stereocenters. The highest BCUT2D eigenvalue weighted by Gasteiger charge is 2.15. The first kappa shape index (κ1) is 23.0. The van der Waals surface area contributed by atoms with Crippen LogP contribution < -0.4 is 14.3 Å². The number of hydrogen-bond donors (Lipinski definition) is 1. The third-order valence-electron chi connectivity index (χ3n) is 4.07. The zero-order valence-electron chi connectivity index (χ0n) is 17.3. The molecule has 0 amide bonds. The van der Waals surface area contributed by atoms with Crippen LogP contribution in [0.4, 0.5) is 0 Å². The molecule has 0 radical (unpaired) electrons. The lowest BCUT2D eigenvalue weighted by atomic mass is 10.1. The van der Waals surface area contributed by atoms with Gasteiger partial charge in [-0.2, -0.15) is 13.5 Å². The second kappa shape index (κ2) is 9.98. The second-order valence-corrected chi connectivity index (χ2v) is 9.13. The van der Waals surface area contributed by atoms with Crippen LogP contribution in [0.15, 0.2) is 40.3 Å². The summed E-state index contributed by atoms with van der Waals surface area (Å²) in [6.07, 6.45) is 1.37. The number of hydrogen-bond acceptors (Lipinski definition) is 5. The molecule has 0 aliphatic rings. The molecule has 0 aliphatic carbocycles. The van der Waals surface area contributed by atoms with Crippen molar-refractivity contribution < 1.29 is 17.9 Å². The number of sulfonamides is 1. The van der Waals surface area contributed by atoms with E-state index in [0.29, 0.717) is 41.2 Å². The summed E-state index contributed by atoms with van der Waals surface area (Å²) in [5, 5.41) is 4.24. The van der Waals surface area contributed by atoms with Gasteiger partial charge in [-0.15, -0.1) is 0 Å². The number of ether oxygens (including phenoxy) is 2. The highest BCUT2D eigenvalue weighted by Crippen LogP contribution is 2.36. The van der Waals surface area contributed by atoms with Crippen molar-refractivity contribution in [1.29, 1.82) is 0 Å². The average molecular weight is 439 g/mol. The van der Waals surface area contributed by atoms with Crippen LogP contribution in [-0.2, 0) is 10.0 Å². The number of aryl methyl sites for hydroxylation is 2. The van der Waals surface area contributed by atoms with Crippen molar-refractivity contribution in [3.8, 4) is 11.5 Å². The third kappa shape index (κ3) is 6.37. The molecule has 0 aliphatic heterocycles. The van der Waals surface area contributed by atoms with Gasteiger partial charge in [0, 0.05) is 0 Å². The lowest BCUT2D eigenvalue weighted by Crippen LogP contribution is -2.18. The smallest absolute Gasteiger partial charge is 0.276 e. The van der Waals surface area contributed by atoms with Gasteiger partial charge in [-0.3, -0.25) is 0 Å². The summed E-state index contributed by atoms with van der Waals surface area (Å²) in [5.74, 6) is 1.29. The van der Waals surface area contributed by atoms with E-state index >= 15 is 0 Å². The van der Waals surface area contributed by atoms with Gasteiger partial charge in [0.1, 0.15) is 0 Å². The van der Waals surface area contributed by atoms with Crippen LogP contribution in [0.5, 0.6) is 11.5 Å². The molecule has 0 fully saturated rings. The molecule has 8 heteroatoms. The van der Waals surface area contributed by atoms with Gasteiger partial charge in [-0.05, 0) is 67.6 Å². The fraction of sp³-hybridized carbons (Fsp3) is 0.381. The summed E-state index contributed by atoms with van der Waals surface area (Å²) >= 11 is 6.35. The maximum Gasteiger partial charge on any atom is 0.276 e. The first-order valence-corrected chi connectivity index (χ1v) is 11.2. The van der Waals surface area contributed by atoms with E-state index in [9.17, 15) is 8.42 Å². The van der Waals surface area contributed by atoms with E-state index in [1.54, 1.807) is 30.3 Å². The van der Waals surface area contributed by atoms with Gasteiger partial charge >= 0.3 is 0 Å². The summed E-state index contributed by atoms with van der Waals surface area (Å²) in [5.41, 5.74) is 2.49. The fourth-order valence-electron chi connectivity index (χ4n) is 2.42. The molecule has 2 rings (SSSR count). The zero-order chi connectivity index (χ0) is 21.6. The Bertz CT molecular complexity index is 988. The molecule has 0 aromatic heterocycles. The summed E-state index contributed by atoms with van der Waals surface area (Å²) in [7, 11) is -3.76. The summed E-state index contributed by atoms with van der Waals surface area (Å²) in [6.45, 7) is 10.7. The summed E-state index contributed by atoms with van der Waals surface area (Å²) < 4.78 is 36.2. The minimum Gasteiger partial charge on any atom is -0.490 e. The van der Waals surface area contributed by atoms with E-state index in [1.807, 2.05) is 34.6 Å². The molecule has 6 nitrogen and oxygen atoms in total. The highest BCUT2D eigenvalue weighted by atomic mass is 35.5. The van der Waals surface area contributed by atoms with Crippen molar-refractivity contribution in [3.63, 3.8) is 0 Å². The van der Waals surface area contributed by atoms with E-state index in [0.717, 1.165) is 11.1 Å². The lowest BCUT2D eigenvalue weighted by Gasteiger charge is -2.15. The first-order chi connectivity index (χ1) is 13.6. The van der Waals surface area contributed by atoms with E-state index < -0.39 is 10.0 Å². The van der Waals surface area contributed by atoms with Crippen LogP contribution in [0.1, 0.15) is 37.5 Å². The van der Waals surface area contributed by atoms with Crippen LogP contribution >= 0.6 is 11.6 Å². The predicted molar refractivity (Wildman–Crippen MR) is 117 cm³/mol. The van der Waals surface area contributed by atoms with Crippen molar-refractivity contribution in [1.82, 2.24) is 4.83 Å². The Labute approximate surface area is 177 Å². The minimum absolute atomic E-state index is 0.156. The Kier molecular flexibility index (Phi) is 7.93. The molecule has 1 N–H and O–H groups in total. The molecular weight excluding hydrogens is 412 g/mol. The van der Waals surface area contributed by atoms with Crippen molar-refractivity contribution in [2.24, 2.45) is 11.0 Å². The number of benzene rings is 2. The van der Waals surface area contributed by atoms with Gasteiger partial charge < -0.3 is 9.47 Å². The quantitative estimate of drug-likeness (QED) is 0.454. The molecule has 0 saturated carbocycles. The largest absolute Gasteiger partial charge is 0.490 e. The van der Waals surface area contributed by atoms with Crippen molar-refractivity contribution in [3.05, 3.63) is 52.0 Å². The van der Waals surface area contributed by atoms with Gasteiger partial charge in [0.25, 0.3) is 10.0 Å². The van der Waals surface area contributed by atoms with Gasteiger partial charge in [0.2, 0.25) is 0 Å². The summed E-state index contributed by atoms with van der Waals surface area (Å²) in [6, 6.07) is 8.27. The molecular formula is C21H27ClN2O4S. The highest BCUT2D eigenvalue weighted by molar-refractivity contribution is 7.89. The number of nitrogens with one attached hydrogen (secondary N) is 1. The maximum atomic E-state index is 12.4. The molecule has 29 heavy (non-hydrogen) atoms. The molecule has 0 saturated heterocycles. The summed E-state index contributed by atoms with van der Waals surface area (Å²) in [4.78, 5) is 2.38. The zero-order valence-corrected chi connectivity index (χ0v) is 18.9. The Morgan fingerprint density at radius 2 is 1.86 bits per heavy atom. The predicted octanol–water partition coefficient (Wildman–Crippen LogP) is 4.70. The van der Waals surface area contributed by atoms with Crippen LogP contribution in [0.25, 0.3) is 0 Å². The van der Waals surface area contributed by atoms with Crippen LogP contribution in [-0.4, -0.2) is 27.8 Å². The number of hydrazone groups is 1. The molecule has 2 aromatic carbocycles. The van der Waals surface area contributed by atoms with Crippen LogP contribution in [0.2, 0.25) is 5.02 Å². The number of halogens is 1. The minimum atomic E-state index is -3.76. The molecule has 0 bridgehead atoms. The molecule has 0 unspecified atom stereocenters. The normalized spacial score (nSPS) is 11.8. The fourth-order valence-corrected chi connectivity index (χ4v) is 3.57. The first-order valence-electron chi connectivity index (χ1n) is 9.35. The van der Waals surface area contributed by atoms with Crippen LogP contribution in [0.3, 0.4) is 0 Å². The topological polar surface area (TPSA) is 77.0 Å². The number of nitrogens with zero attached hydrogens (tertiary/aromatic N) is 1. The monoisotopic (exact) mass is 438 g/mol. The lowest BCUT2D eigenvalue weighted by molar-refractivity contribution is 0.248. The Morgan fingerprint density at radius 1 is 1.14 bits per heavy atom. The van der Waals surface area contributed by atoms with Crippen molar-refractivity contribution in [2.45, 2.75) is 39.5 Å². The SMILES string of the molecule is CCOc1cc(/C=N/NS(=O)(=O)c2ccc(C)c(C)c2)cc(Cl)c1OCC(C)C. The standard InChI is InChI=1S/C21H27ClN2O4S/c1-6-27-20-11-17(10-19(22)21(20)28-13-14(2)3)12-23-24-29(25,26)18-8-7-15(4)16(5)9-18/h7-12,14,24H,6,13H2,1-5H3/b23-12+. The molecule has 158 valence electrons. The van der Waals surface area contributed by atoms with Crippen molar-refractivity contribution >= 4 is 27.8 Å². The molecule has 2 aromatic rings. The third-order valence-corrected chi connectivity index (χ3v) is 5.57. The van der Waals surface area contributed by atoms with E-state index in [1.165, 1.54) is 6.21 Å². The maximum absolute atomic E-state index is 12.4. The van der Waals surface area contributed by atoms with Gasteiger partial charge in [-0.1, -0.05) is 31.5 Å². The van der Waals surface area contributed by atoms with Gasteiger partial charge in [0.15, 0.2) is 11.5 Å². The van der Waals surface area contributed by atoms with Crippen LogP contribution in [0, 0.1) is 19.8 Å². The van der Waals surface area contributed by atoms with Crippen molar-refractivity contribution in [2.75, 3.05) is 13.2 Å². The van der Waals surface area contributed by atoms with Gasteiger partial charge in [-0.25, -0.2) is 4.83 Å².